The minimum Gasteiger partial charge on any atom is -0.399 e. The van der Waals surface area contributed by atoms with Crippen LogP contribution in [-0.4, -0.2) is 18.2 Å². The van der Waals surface area contributed by atoms with Crippen molar-refractivity contribution in [2.75, 3.05) is 28.7 Å². The number of carbonyl (C=O) groups is 1. The van der Waals surface area contributed by atoms with E-state index in [-0.39, 0.29) is 5.91 Å². The number of hydrogen-bond donors (Lipinski definition) is 2. The number of para-hydroxylation sites is 1. The summed E-state index contributed by atoms with van der Waals surface area (Å²) in [7, 11) is 0. The number of nitrogens with zero attached hydrogens (tertiary/aromatic N) is 1. The van der Waals surface area contributed by atoms with Crippen LogP contribution < -0.4 is 16.4 Å². The van der Waals surface area contributed by atoms with Crippen molar-refractivity contribution in [1.82, 2.24) is 0 Å². The summed E-state index contributed by atoms with van der Waals surface area (Å²) in [6, 6.07) is 12.9. The maximum atomic E-state index is 12.7. The lowest BCUT2D eigenvalue weighted by atomic mass is 10.1. The van der Waals surface area contributed by atoms with Gasteiger partial charge in [0.25, 0.3) is 5.91 Å². The highest BCUT2D eigenvalue weighted by Gasteiger charge is 2.24. The molecular formula is C15H15N3OS. The molecule has 5 heteroatoms. The molecule has 0 radical (unpaired) electrons. The van der Waals surface area contributed by atoms with Crippen LogP contribution in [0.2, 0.25) is 0 Å². The highest BCUT2D eigenvalue weighted by atomic mass is 32.2. The summed E-state index contributed by atoms with van der Waals surface area (Å²) in [5, 5.41) is 0. The molecule has 3 rings (SSSR count). The molecule has 0 saturated heterocycles. The van der Waals surface area contributed by atoms with E-state index in [0.717, 1.165) is 16.3 Å². The second-order valence-electron chi connectivity index (χ2n) is 4.62. The van der Waals surface area contributed by atoms with Crippen LogP contribution in [-0.2, 0) is 0 Å². The first kappa shape index (κ1) is 12.9. The number of thioether (sulfide) groups is 1. The molecule has 4 nitrogen and oxygen atoms in total. The Kier molecular flexibility index (Phi) is 3.28. The topological polar surface area (TPSA) is 72.4 Å². The SMILES string of the molecule is Nc1ccc(C(=O)N2CCSc3ccccc32)c(N)c1. The second kappa shape index (κ2) is 5.09. The molecule has 0 aromatic heterocycles. The van der Waals surface area contributed by atoms with E-state index in [1.54, 1.807) is 34.9 Å². The van der Waals surface area contributed by atoms with Gasteiger partial charge in [-0.05, 0) is 30.3 Å². The Labute approximate surface area is 121 Å². The fourth-order valence-corrected chi connectivity index (χ4v) is 3.30. The molecule has 0 atom stereocenters. The van der Waals surface area contributed by atoms with Crippen molar-refractivity contribution in [2.24, 2.45) is 0 Å². The van der Waals surface area contributed by atoms with Gasteiger partial charge in [-0.2, -0.15) is 0 Å². The molecule has 20 heavy (non-hydrogen) atoms. The van der Waals surface area contributed by atoms with Gasteiger partial charge in [0.15, 0.2) is 0 Å². The van der Waals surface area contributed by atoms with E-state index < -0.39 is 0 Å². The predicted octanol–water partition coefficient (Wildman–Crippen LogP) is 2.60. The molecule has 0 bridgehead atoms. The Morgan fingerprint density at radius 1 is 1.15 bits per heavy atom. The summed E-state index contributed by atoms with van der Waals surface area (Å²) in [5.74, 6) is 0.813. The summed E-state index contributed by atoms with van der Waals surface area (Å²) in [6.07, 6.45) is 0. The second-order valence-corrected chi connectivity index (χ2v) is 5.76. The highest BCUT2D eigenvalue weighted by Crippen LogP contribution is 2.35. The molecule has 0 unspecified atom stereocenters. The standard InChI is InChI=1S/C15H15N3OS/c16-10-5-6-11(12(17)9-10)15(19)18-7-8-20-14-4-2-1-3-13(14)18/h1-6,9H,7-8,16-17H2. The monoisotopic (exact) mass is 285 g/mol. The number of nitrogen functional groups attached to an aromatic ring is 2. The van der Waals surface area contributed by atoms with Crippen LogP contribution in [0.4, 0.5) is 17.1 Å². The fourth-order valence-electron chi connectivity index (χ4n) is 2.30. The third kappa shape index (κ3) is 2.20. The largest absolute Gasteiger partial charge is 0.399 e. The summed E-state index contributed by atoms with van der Waals surface area (Å²) < 4.78 is 0. The smallest absolute Gasteiger partial charge is 0.260 e. The van der Waals surface area contributed by atoms with E-state index in [0.29, 0.717) is 23.5 Å². The number of rotatable bonds is 1. The van der Waals surface area contributed by atoms with Gasteiger partial charge in [-0.15, -0.1) is 11.8 Å². The van der Waals surface area contributed by atoms with E-state index in [4.69, 9.17) is 11.5 Å². The lowest BCUT2D eigenvalue weighted by Gasteiger charge is -2.29. The van der Waals surface area contributed by atoms with Gasteiger partial charge in [0.05, 0.1) is 11.3 Å². The molecule has 0 aliphatic carbocycles. The quantitative estimate of drug-likeness (QED) is 0.790. The first-order chi connectivity index (χ1) is 9.66. The molecule has 4 N–H and O–H groups in total. The molecule has 102 valence electrons. The van der Waals surface area contributed by atoms with E-state index >= 15 is 0 Å². The lowest BCUT2D eigenvalue weighted by Crippen LogP contribution is -2.35. The number of amides is 1. The maximum Gasteiger partial charge on any atom is 0.260 e. The molecule has 1 aliphatic heterocycles. The maximum absolute atomic E-state index is 12.7. The molecule has 1 amide bonds. The first-order valence-corrected chi connectivity index (χ1v) is 7.34. The Morgan fingerprint density at radius 2 is 1.95 bits per heavy atom. The van der Waals surface area contributed by atoms with Gasteiger partial charge in [-0.25, -0.2) is 0 Å². The van der Waals surface area contributed by atoms with E-state index in [9.17, 15) is 4.79 Å². The summed E-state index contributed by atoms with van der Waals surface area (Å²) in [6.45, 7) is 0.685. The first-order valence-electron chi connectivity index (χ1n) is 6.35. The van der Waals surface area contributed by atoms with Crippen LogP contribution in [0.5, 0.6) is 0 Å². The van der Waals surface area contributed by atoms with E-state index in [1.165, 1.54) is 0 Å². The summed E-state index contributed by atoms with van der Waals surface area (Å²) in [5.41, 5.74) is 14.0. The van der Waals surface area contributed by atoms with Crippen molar-refractivity contribution < 1.29 is 4.79 Å². The van der Waals surface area contributed by atoms with Gasteiger partial charge < -0.3 is 16.4 Å². The minimum atomic E-state index is -0.0738. The molecule has 2 aromatic rings. The zero-order valence-corrected chi connectivity index (χ0v) is 11.7. The fraction of sp³-hybridized carbons (Fsp3) is 0.133. The van der Waals surface area contributed by atoms with Crippen LogP contribution >= 0.6 is 11.8 Å². The molecule has 1 heterocycles. The number of anilines is 3. The predicted molar refractivity (Wildman–Crippen MR) is 84.1 cm³/mol. The van der Waals surface area contributed by atoms with Crippen molar-refractivity contribution in [3.8, 4) is 0 Å². The summed E-state index contributed by atoms with van der Waals surface area (Å²) >= 11 is 1.77. The van der Waals surface area contributed by atoms with Gasteiger partial charge in [0.1, 0.15) is 0 Å². The van der Waals surface area contributed by atoms with Gasteiger partial charge in [-0.3, -0.25) is 4.79 Å². The molecule has 0 fully saturated rings. The summed E-state index contributed by atoms with van der Waals surface area (Å²) in [4.78, 5) is 15.6. The van der Waals surface area contributed by atoms with Crippen molar-refractivity contribution in [2.45, 2.75) is 4.90 Å². The third-order valence-electron chi connectivity index (χ3n) is 3.28. The Hall–Kier alpha value is -2.14. The molecular weight excluding hydrogens is 270 g/mol. The zero-order valence-electron chi connectivity index (χ0n) is 10.9. The van der Waals surface area contributed by atoms with Crippen LogP contribution in [0.25, 0.3) is 0 Å². The third-order valence-corrected chi connectivity index (χ3v) is 4.32. The minimum absolute atomic E-state index is 0.0738. The normalized spacial score (nSPS) is 13.9. The molecule has 1 aliphatic rings. The number of fused-ring (bicyclic) bond motifs is 1. The zero-order chi connectivity index (χ0) is 14.1. The van der Waals surface area contributed by atoms with Gasteiger partial charge in [0.2, 0.25) is 0 Å². The van der Waals surface area contributed by atoms with Crippen LogP contribution in [0.15, 0.2) is 47.4 Å². The van der Waals surface area contributed by atoms with Crippen molar-refractivity contribution in [1.29, 1.82) is 0 Å². The van der Waals surface area contributed by atoms with E-state index in [2.05, 4.69) is 0 Å². The van der Waals surface area contributed by atoms with Crippen molar-refractivity contribution in [3.05, 3.63) is 48.0 Å². The Bertz CT molecular complexity index is 672. The molecule has 2 aromatic carbocycles. The molecule has 0 spiro atoms. The van der Waals surface area contributed by atoms with Gasteiger partial charge >= 0.3 is 0 Å². The number of benzene rings is 2. The number of carbonyl (C=O) groups excluding carboxylic acids is 1. The van der Waals surface area contributed by atoms with Gasteiger partial charge in [0, 0.05) is 28.6 Å². The van der Waals surface area contributed by atoms with Crippen LogP contribution in [0.1, 0.15) is 10.4 Å². The number of hydrogen-bond acceptors (Lipinski definition) is 4. The van der Waals surface area contributed by atoms with Gasteiger partial charge in [-0.1, -0.05) is 12.1 Å². The van der Waals surface area contributed by atoms with Crippen molar-refractivity contribution in [3.63, 3.8) is 0 Å². The van der Waals surface area contributed by atoms with Crippen molar-refractivity contribution >= 4 is 34.7 Å². The average molecular weight is 285 g/mol. The highest BCUT2D eigenvalue weighted by molar-refractivity contribution is 7.99. The number of nitrogens with two attached hydrogens (primary N) is 2. The average Bonchev–Trinajstić information content (AvgIpc) is 2.46. The Morgan fingerprint density at radius 3 is 2.75 bits per heavy atom. The van der Waals surface area contributed by atoms with Crippen LogP contribution in [0, 0.1) is 0 Å². The lowest BCUT2D eigenvalue weighted by molar-refractivity contribution is 0.0988. The molecule has 0 saturated carbocycles. The van der Waals surface area contributed by atoms with Crippen LogP contribution in [0.3, 0.4) is 0 Å². The Balaban J connectivity index is 2.00. The van der Waals surface area contributed by atoms with E-state index in [1.807, 2.05) is 24.3 Å².